The van der Waals surface area contributed by atoms with Crippen molar-refractivity contribution in [2.45, 2.75) is 33.2 Å². The van der Waals surface area contributed by atoms with Gasteiger partial charge in [-0.05, 0) is 26.0 Å². The molecule has 0 radical (unpaired) electrons. The highest BCUT2D eigenvalue weighted by Gasteiger charge is 2.30. The Kier molecular flexibility index (Phi) is 4.69. The summed E-state index contributed by atoms with van der Waals surface area (Å²) in [5.41, 5.74) is 2.75. The molecular weight excluding hydrogens is 324 g/mol. The zero-order valence-electron chi connectivity index (χ0n) is 14.2. The van der Waals surface area contributed by atoms with Gasteiger partial charge in [0, 0.05) is 25.1 Å². The summed E-state index contributed by atoms with van der Waals surface area (Å²) in [6.45, 7) is 4.48. The summed E-state index contributed by atoms with van der Waals surface area (Å²) >= 11 is 0. The van der Waals surface area contributed by atoms with Gasteiger partial charge >= 0.3 is 0 Å². The second-order valence-corrected chi connectivity index (χ2v) is 5.97. The van der Waals surface area contributed by atoms with Gasteiger partial charge in [-0.15, -0.1) is 0 Å². The van der Waals surface area contributed by atoms with Gasteiger partial charge in [-0.25, -0.2) is 0 Å². The second kappa shape index (κ2) is 6.92. The molecule has 1 saturated heterocycles. The lowest BCUT2D eigenvalue weighted by molar-refractivity contribution is -0.142. The topological polar surface area (TPSA) is 97.4 Å². The van der Waals surface area contributed by atoms with Crippen LogP contribution in [0, 0.1) is 13.8 Å². The third kappa shape index (κ3) is 3.47. The Bertz CT molecular complexity index is 791. The summed E-state index contributed by atoms with van der Waals surface area (Å²) < 4.78 is 7.24. The molecule has 0 aromatic carbocycles. The summed E-state index contributed by atoms with van der Waals surface area (Å²) in [5.74, 6) is -0.170. The van der Waals surface area contributed by atoms with Crippen LogP contribution in [-0.4, -0.2) is 45.5 Å². The molecule has 25 heavy (non-hydrogen) atoms. The number of rotatable bonds is 6. The highest BCUT2D eigenvalue weighted by molar-refractivity contribution is 6.04. The minimum absolute atomic E-state index is 0.188. The van der Waals surface area contributed by atoms with E-state index in [1.54, 1.807) is 10.9 Å². The van der Waals surface area contributed by atoms with E-state index in [9.17, 15) is 14.4 Å². The molecule has 0 unspecified atom stereocenters. The van der Waals surface area contributed by atoms with Crippen LogP contribution < -0.4 is 5.32 Å². The normalized spacial score (nSPS) is 14.4. The average molecular weight is 344 g/mol. The van der Waals surface area contributed by atoms with E-state index in [0.717, 1.165) is 27.6 Å². The fourth-order valence-corrected chi connectivity index (χ4v) is 2.99. The maximum absolute atomic E-state index is 11.9. The van der Waals surface area contributed by atoms with Crippen LogP contribution in [0.5, 0.6) is 0 Å². The van der Waals surface area contributed by atoms with Gasteiger partial charge in [-0.2, -0.15) is 5.10 Å². The summed E-state index contributed by atoms with van der Waals surface area (Å²) in [7, 11) is 0. The van der Waals surface area contributed by atoms with Gasteiger partial charge in [0.1, 0.15) is 12.3 Å². The number of carbonyl (C=O) groups is 3. The SMILES string of the molecule is Cc1nn(CCNC(=O)CN2C(=O)CCC2=O)c(C)c1-c1ccco1. The summed E-state index contributed by atoms with van der Waals surface area (Å²) in [6.07, 6.45) is 1.99. The molecule has 3 heterocycles. The Morgan fingerprint density at radius 2 is 2.00 bits per heavy atom. The number of carbonyl (C=O) groups excluding carboxylic acids is 3. The highest BCUT2D eigenvalue weighted by atomic mass is 16.3. The summed E-state index contributed by atoms with van der Waals surface area (Å²) in [6, 6.07) is 3.71. The van der Waals surface area contributed by atoms with Crippen molar-refractivity contribution in [1.29, 1.82) is 0 Å². The van der Waals surface area contributed by atoms with Gasteiger partial charge < -0.3 is 9.73 Å². The molecule has 8 nitrogen and oxygen atoms in total. The Balaban J connectivity index is 1.56. The lowest BCUT2D eigenvalue weighted by Crippen LogP contribution is -2.40. The van der Waals surface area contributed by atoms with E-state index in [1.165, 1.54) is 0 Å². The molecule has 132 valence electrons. The highest BCUT2D eigenvalue weighted by Crippen LogP contribution is 2.26. The second-order valence-electron chi connectivity index (χ2n) is 5.97. The van der Waals surface area contributed by atoms with Crippen LogP contribution in [0.1, 0.15) is 24.2 Å². The van der Waals surface area contributed by atoms with E-state index >= 15 is 0 Å². The first kappa shape index (κ1) is 16.9. The monoisotopic (exact) mass is 344 g/mol. The molecule has 0 atom stereocenters. The molecule has 1 aliphatic rings. The minimum Gasteiger partial charge on any atom is -0.464 e. The van der Waals surface area contributed by atoms with Gasteiger partial charge in [-0.3, -0.25) is 24.0 Å². The summed E-state index contributed by atoms with van der Waals surface area (Å²) in [4.78, 5) is 36.0. The van der Waals surface area contributed by atoms with Crippen molar-refractivity contribution in [2.24, 2.45) is 0 Å². The molecule has 0 aliphatic carbocycles. The molecule has 3 amide bonds. The van der Waals surface area contributed by atoms with E-state index in [1.807, 2.05) is 26.0 Å². The first-order chi connectivity index (χ1) is 12.0. The van der Waals surface area contributed by atoms with Crippen molar-refractivity contribution in [1.82, 2.24) is 20.0 Å². The molecule has 1 fully saturated rings. The van der Waals surface area contributed by atoms with Gasteiger partial charge in [0.05, 0.1) is 24.1 Å². The smallest absolute Gasteiger partial charge is 0.240 e. The van der Waals surface area contributed by atoms with Crippen molar-refractivity contribution in [3.05, 3.63) is 29.8 Å². The molecule has 0 bridgehead atoms. The minimum atomic E-state index is -0.351. The van der Waals surface area contributed by atoms with Crippen LogP contribution in [0.25, 0.3) is 11.3 Å². The van der Waals surface area contributed by atoms with Crippen LogP contribution in [0.4, 0.5) is 0 Å². The zero-order valence-corrected chi connectivity index (χ0v) is 14.2. The number of nitrogens with zero attached hydrogens (tertiary/aromatic N) is 3. The third-order valence-electron chi connectivity index (χ3n) is 4.25. The number of aryl methyl sites for hydroxylation is 1. The van der Waals surface area contributed by atoms with E-state index < -0.39 is 0 Å². The lowest BCUT2D eigenvalue weighted by Gasteiger charge is -2.13. The maximum atomic E-state index is 11.9. The molecule has 1 aliphatic heterocycles. The number of amides is 3. The standard InChI is InChI=1S/C17H20N4O4/c1-11-17(13-4-3-9-25-13)12(2)21(19-11)8-7-18-14(22)10-20-15(23)5-6-16(20)24/h3-4,9H,5-8,10H2,1-2H3,(H,18,22). The van der Waals surface area contributed by atoms with Crippen LogP contribution in [0.2, 0.25) is 0 Å². The molecule has 3 rings (SSSR count). The maximum Gasteiger partial charge on any atom is 0.240 e. The van der Waals surface area contributed by atoms with Gasteiger partial charge in [-0.1, -0.05) is 0 Å². The van der Waals surface area contributed by atoms with E-state index in [0.29, 0.717) is 13.1 Å². The van der Waals surface area contributed by atoms with E-state index in [2.05, 4.69) is 10.4 Å². The number of hydrogen-bond acceptors (Lipinski definition) is 5. The van der Waals surface area contributed by atoms with Gasteiger partial charge in [0.25, 0.3) is 0 Å². The predicted molar refractivity (Wildman–Crippen MR) is 88.4 cm³/mol. The van der Waals surface area contributed by atoms with Crippen LogP contribution >= 0.6 is 0 Å². The van der Waals surface area contributed by atoms with Crippen LogP contribution in [0.3, 0.4) is 0 Å². The number of hydrogen-bond donors (Lipinski definition) is 1. The number of likely N-dealkylation sites (tertiary alicyclic amines) is 1. The largest absolute Gasteiger partial charge is 0.464 e. The quantitative estimate of drug-likeness (QED) is 0.789. The van der Waals surface area contributed by atoms with Crippen molar-refractivity contribution in [3.63, 3.8) is 0 Å². The van der Waals surface area contributed by atoms with Crippen molar-refractivity contribution in [3.8, 4) is 11.3 Å². The third-order valence-corrected chi connectivity index (χ3v) is 4.25. The molecule has 2 aromatic rings. The fraction of sp³-hybridized carbons (Fsp3) is 0.412. The first-order valence-corrected chi connectivity index (χ1v) is 8.15. The zero-order chi connectivity index (χ0) is 18.0. The Labute approximate surface area is 144 Å². The number of nitrogens with one attached hydrogen (secondary N) is 1. The van der Waals surface area contributed by atoms with Crippen LogP contribution in [0.15, 0.2) is 22.8 Å². The van der Waals surface area contributed by atoms with Crippen LogP contribution in [-0.2, 0) is 20.9 Å². The first-order valence-electron chi connectivity index (χ1n) is 8.15. The molecule has 8 heteroatoms. The van der Waals surface area contributed by atoms with Crippen molar-refractivity contribution < 1.29 is 18.8 Å². The Hall–Kier alpha value is -2.90. The lowest BCUT2D eigenvalue weighted by atomic mass is 10.1. The number of furan rings is 1. The number of aromatic nitrogens is 2. The Morgan fingerprint density at radius 1 is 1.28 bits per heavy atom. The van der Waals surface area contributed by atoms with E-state index in [4.69, 9.17) is 4.42 Å². The van der Waals surface area contributed by atoms with E-state index in [-0.39, 0.29) is 37.1 Å². The molecular formula is C17H20N4O4. The van der Waals surface area contributed by atoms with Crippen molar-refractivity contribution >= 4 is 17.7 Å². The molecule has 1 N–H and O–H groups in total. The van der Waals surface area contributed by atoms with Gasteiger partial charge in [0.2, 0.25) is 17.7 Å². The molecule has 0 saturated carbocycles. The number of imide groups is 1. The predicted octanol–water partition coefficient (Wildman–Crippen LogP) is 1.03. The average Bonchev–Trinajstić information content (AvgIpc) is 3.25. The van der Waals surface area contributed by atoms with Gasteiger partial charge in [0.15, 0.2) is 0 Å². The molecule has 0 spiro atoms. The van der Waals surface area contributed by atoms with Crippen molar-refractivity contribution in [2.75, 3.05) is 13.1 Å². The Morgan fingerprint density at radius 3 is 2.64 bits per heavy atom. The molecule has 2 aromatic heterocycles. The fourth-order valence-electron chi connectivity index (χ4n) is 2.99. The summed E-state index contributed by atoms with van der Waals surface area (Å²) in [5, 5.41) is 7.20.